The molecule has 15 atom stereocenters. The van der Waals surface area contributed by atoms with E-state index in [0.717, 1.165) is 27.7 Å². The summed E-state index contributed by atoms with van der Waals surface area (Å²) in [7, 11) is 0. The fourth-order valence-corrected chi connectivity index (χ4v) is 5.93. The summed E-state index contributed by atoms with van der Waals surface area (Å²) in [5.74, 6) is -7.09. The number of guanidine groups is 1. The number of aliphatic carboxylic acids is 2. The maximum absolute atomic E-state index is 12.7. The third-order valence-corrected chi connectivity index (χ3v) is 7.90. The number of ether oxygens (including phenoxy) is 5. The van der Waals surface area contributed by atoms with Crippen molar-refractivity contribution in [2.75, 3.05) is 0 Å². The zero-order valence-electron chi connectivity index (χ0n) is 27.5. The zero-order chi connectivity index (χ0) is 37.8. The van der Waals surface area contributed by atoms with Gasteiger partial charge in [0, 0.05) is 27.7 Å². The van der Waals surface area contributed by atoms with Gasteiger partial charge in [-0.3, -0.25) is 19.2 Å². The number of carboxylic acids is 2. The van der Waals surface area contributed by atoms with Gasteiger partial charge >= 0.3 is 11.9 Å². The summed E-state index contributed by atoms with van der Waals surface area (Å²) in [4.78, 5) is 77.8. The molecule has 23 heteroatoms. The van der Waals surface area contributed by atoms with Gasteiger partial charge < -0.3 is 82.0 Å². The molecule has 23 nitrogen and oxygen atoms in total. The van der Waals surface area contributed by atoms with Gasteiger partial charge in [-0.1, -0.05) is 0 Å². The van der Waals surface area contributed by atoms with Crippen molar-refractivity contribution >= 4 is 41.5 Å². The van der Waals surface area contributed by atoms with Crippen LogP contribution in [0.5, 0.6) is 0 Å². The number of aliphatic hydroxyl groups excluding tert-OH is 3. The number of aliphatic hydroxyl groups is 3. The molecule has 3 heterocycles. The molecule has 0 bridgehead atoms. The number of rotatable bonds is 11. The molecule has 4 amide bonds. The van der Waals surface area contributed by atoms with Gasteiger partial charge in [0.25, 0.3) is 0 Å². The Morgan fingerprint density at radius 1 is 0.620 bits per heavy atom. The summed E-state index contributed by atoms with van der Waals surface area (Å²) >= 11 is 0. The van der Waals surface area contributed by atoms with Crippen molar-refractivity contribution < 1.29 is 78.0 Å². The van der Waals surface area contributed by atoms with Crippen LogP contribution in [0.4, 0.5) is 0 Å². The van der Waals surface area contributed by atoms with Crippen LogP contribution in [0.2, 0.25) is 0 Å². The molecule has 0 aromatic heterocycles. The van der Waals surface area contributed by atoms with Crippen molar-refractivity contribution in [2.24, 2.45) is 16.5 Å². The van der Waals surface area contributed by atoms with E-state index in [-0.39, 0.29) is 0 Å². The van der Waals surface area contributed by atoms with Crippen LogP contribution in [0.3, 0.4) is 0 Å². The van der Waals surface area contributed by atoms with Crippen LogP contribution in [-0.2, 0) is 52.5 Å². The molecular weight excluding hydrogens is 678 g/mol. The molecule has 0 radical (unpaired) electrons. The van der Waals surface area contributed by atoms with Gasteiger partial charge in [0.2, 0.25) is 23.6 Å². The molecule has 0 aromatic rings. The predicted molar refractivity (Wildman–Crippen MR) is 161 cm³/mol. The summed E-state index contributed by atoms with van der Waals surface area (Å²) in [5.41, 5.74) is 11.0. The molecule has 3 saturated heterocycles. The number of nitrogens with zero attached hydrogens (tertiary/aromatic N) is 1. The molecule has 3 rings (SSSR count). The average molecular weight is 722 g/mol. The molecular formula is C27H43N7O16. The summed E-state index contributed by atoms with van der Waals surface area (Å²) in [6.07, 6.45) is -17.9. The van der Waals surface area contributed by atoms with E-state index in [2.05, 4.69) is 26.3 Å². The van der Waals surface area contributed by atoms with Gasteiger partial charge in [-0.15, -0.1) is 0 Å². The third kappa shape index (κ3) is 9.51. The first kappa shape index (κ1) is 40.2. The van der Waals surface area contributed by atoms with Crippen LogP contribution < -0.4 is 32.7 Å². The topological polar surface area (TPSA) is 362 Å². The van der Waals surface area contributed by atoms with Gasteiger partial charge in [-0.05, 0) is 6.92 Å². The first-order valence-electron chi connectivity index (χ1n) is 15.2. The maximum Gasteiger partial charge on any atom is 0.335 e. The van der Waals surface area contributed by atoms with Gasteiger partial charge in [-0.2, -0.15) is 0 Å². The Morgan fingerprint density at radius 2 is 1.06 bits per heavy atom. The summed E-state index contributed by atoms with van der Waals surface area (Å²) in [6, 6.07) is -7.87. The molecule has 3 fully saturated rings. The molecule has 1 unspecified atom stereocenters. The average Bonchev–Trinajstić information content (AvgIpc) is 2.97. The largest absolute Gasteiger partial charge is 0.479 e. The highest BCUT2D eigenvalue weighted by molar-refractivity contribution is 5.78. The number of carbonyl (C=O) groups is 6. The van der Waals surface area contributed by atoms with Crippen LogP contribution in [0, 0.1) is 0 Å². The molecule has 3 aliphatic rings. The van der Waals surface area contributed by atoms with Crippen molar-refractivity contribution in [3.8, 4) is 0 Å². The van der Waals surface area contributed by atoms with Crippen LogP contribution in [0.25, 0.3) is 0 Å². The fourth-order valence-electron chi connectivity index (χ4n) is 5.93. The maximum atomic E-state index is 12.7. The smallest absolute Gasteiger partial charge is 0.335 e. The molecule has 3 aliphatic heterocycles. The number of nitrogens with one attached hydrogen (secondary N) is 4. The molecule has 0 spiro atoms. The lowest BCUT2D eigenvalue weighted by Gasteiger charge is -2.50. The number of aliphatic imine (C=N–C) groups is 1. The summed E-state index contributed by atoms with van der Waals surface area (Å²) in [6.45, 7) is 5.63. The Balaban J connectivity index is 2.14. The fraction of sp³-hybridized carbons (Fsp3) is 0.741. The van der Waals surface area contributed by atoms with Gasteiger partial charge in [0.15, 0.2) is 37.0 Å². The molecule has 50 heavy (non-hydrogen) atoms. The van der Waals surface area contributed by atoms with Gasteiger partial charge in [-0.25, -0.2) is 14.6 Å². The van der Waals surface area contributed by atoms with E-state index in [1.165, 1.54) is 6.92 Å². The van der Waals surface area contributed by atoms with Crippen molar-refractivity contribution in [3.63, 3.8) is 0 Å². The van der Waals surface area contributed by atoms with Crippen molar-refractivity contribution in [1.29, 1.82) is 0 Å². The van der Waals surface area contributed by atoms with Crippen LogP contribution in [0.15, 0.2) is 4.99 Å². The number of carbonyl (C=O) groups excluding carboxylic acids is 4. The van der Waals surface area contributed by atoms with E-state index >= 15 is 0 Å². The Kier molecular flexibility index (Phi) is 13.4. The monoisotopic (exact) mass is 721 g/mol. The minimum Gasteiger partial charge on any atom is -0.479 e. The predicted octanol–water partition coefficient (Wildman–Crippen LogP) is -6.50. The highest BCUT2D eigenvalue weighted by Gasteiger charge is 2.57. The minimum absolute atomic E-state index is 0.632. The van der Waals surface area contributed by atoms with Crippen LogP contribution >= 0.6 is 0 Å². The van der Waals surface area contributed by atoms with Crippen molar-refractivity contribution in [1.82, 2.24) is 21.3 Å². The third-order valence-electron chi connectivity index (χ3n) is 7.90. The number of hydrogen-bond acceptors (Lipinski definition) is 15. The number of carboxylic acid groups (broad SMARTS) is 2. The van der Waals surface area contributed by atoms with Crippen molar-refractivity contribution in [3.05, 3.63) is 0 Å². The molecule has 0 aliphatic carbocycles. The van der Waals surface area contributed by atoms with E-state index in [4.69, 9.17) is 35.2 Å². The Bertz CT molecular complexity index is 1330. The normalized spacial score (nSPS) is 38.5. The summed E-state index contributed by atoms with van der Waals surface area (Å²) < 4.78 is 28.5. The van der Waals surface area contributed by atoms with E-state index < -0.39 is 133 Å². The van der Waals surface area contributed by atoms with Crippen LogP contribution in [-0.4, -0.2) is 159 Å². The van der Waals surface area contributed by atoms with Crippen molar-refractivity contribution in [2.45, 2.75) is 126 Å². The lowest BCUT2D eigenvalue weighted by Crippen LogP contribution is -2.74. The van der Waals surface area contributed by atoms with E-state index in [1.54, 1.807) is 0 Å². The first-order chi connectivity index (χ1) is 23.2. The number of nitrogens with two attached hydrogens (primary N) is 2. The second-order valence-electron chi connectivity index (χ2n) is 11.9. The van der Waals surface area contributed by atoms with E-state index in [0.29, 0.717) is 0 Å². The second-order valence-corrected chi connectivity index (χ2v) is 11.9. The van der Waals surface area contributed by atoms with E-state index in [1.807, 2.05) is 0 Å². The lowest BCUT2D eigenvalue weighted by atomic mass is 9.91. The number of amides is 4. The SMILES string of the molecule is CC(=O)N[C@@H]1[C@H](O[C@H]2[C@H](NC(C)=O)[C@H](NC(C)=O)[C@H](O[C@H]3[C@@H](O)[C@@H](C)OC(O)[C@@H]3NC(C)=O)O[C@@H]2C(=O)O)O[C@H](C(=O)O)[C@@H](O)[C@@H]1N=C(N)N. The number of hydrogen-bond donors (Lipinski definition) is 11. The standard InChI is InChI=1S/C27H43N7O16/c1-6-16(39)18(15(24(45)46-6)33-10(5)38)47-26-14(32-9(4)37)12(30-7(2)35)19(21(50-26)23(43)44)48-25-13(31-8(3)36)11(34-27(28)29)17(40)20(49-25)22(41)42/h6,11-21,24-26,39-40,45H,1-5H3,(H,30,35)(H,31,36)(H,32,37)(H,33,38)(H,41,42)(H,43,44)(H4,28,29,34)/t6-,11-,12-,13+,14+,15-,16+,17+,18-,19+,20+,21+,24?,25-,26-/m1/s1. The zero-order valence-corrected chi connectivity index (χ0v) is 27.5. The molecule has 0 aromatic carbocycles. The highest BCUT2D eigenvalue weighted by Crippen LogP contribution is 2.33. The first-order valence-corrected chi connectivity index (χ1v) is 15.2. The lowest BCUT2D eigenvalue weighted by molar-refractivity contribution is -0.325. The van der Waals surface area contributed by atoms with Crippen LogP contribution in [0.1, 0.15) is 34.6 Å². The van der Waals surface area contributed by atoms with Gasteiger partial charge in [0.05, 0.1) is 12.1 Å². The van der Waals surface area contributed by atoms with Gasteiger partial charge in [0.1, 0.15) is 48.6 Å². The molecule has 282 valence electrons. The quantitative estimate of drug-likeness (QED) is 0.0697. The molecule has 0 saturated carbocycles. The minimum atomic E-state index is -2.15. The Morgan fingerprint density at radius 3 is 1.56 bits per heavy atom. The highest BCUT2D eigenvalue weighted by atomic mass is 16.7. The summed E-state index contributed by atoms with van der Waals surface area (Å²) in [5, 5.41) is 62.1. The van der Waals surface area contributed by atoms with E-state index in [9.17, 15) is 54.3 Å². The second kappa shape index (κ2) is 16.7. The molecule has 13 N–H and O–H groups in total. The Labute approximate surface area is 283 Å². The Hall–Kier alpha value is -4.23.